The van der Waals surface area contributed by atoms with Gasteiger partial charge in [-0.3, -0.25) is 10.1 Å². The fraction of sp³-hybridized carbons (Fsp3) is 0.800. The molecule has 0 spiro atoms. The first-order chi connectivity index (χ1) is 4.27. The number of carbonyl (C=O) groups is 1. The monoisotopic (exact) mass is 146 g/mol. The maximum Gasteiger partial charge on any atom is 0.209 e. The molecule has 0 aliphatic carbocycles. The molecule has 1 rings (SSSR count). The molecule has 1 aliphatic heterocycles. The molecule has 0 radical (unpaired) electrons. The van der Waals surface area contributed by atoms with Crippen LogP contribution in [0, 0.1) is 0 Å². The third-order valence-corrected chi connectivity index (χ3v) is 2.54. The van der Waals surface area contributed by atoms with Gasteiger partial charge in [0.15, 0.2) is 0 Å². The summed E-state index contributed by atoms with van der Waals surface area (Å²) in [5, 5.41) is 5.85. The molecule has 0 saturated carbocycles. The Kier molecular flexibility index (Phi) is 1.97. The summed E-state index contributed by atoms with van der Waals surface area (Å²) in [6.07, 6.45) is 0.728. The lowest BCUT2D eigenvalue weighted by Gasteiger charge is -2.21. The van der Waals surface area contributed by atoms with Crippen molar-refractivity contribution in [1.29, 1.82) is 0 Å². The highest BCUT2D eigenvalue weighted by Gasteiger charge is 2.27. The van der Waals surface area contributed by atoms with E-state index < -0.39 is 0 Å². The van der Waals surface area contributed by atoms with Crippen LogP contribution in [-0.2, 0) is 4.79 Å². The summed E-state index contributed by atoms with van der Waals surface area (Å²) in [6, 6.07) is 0. The topological polar surface area (TPSA) is 41.1 Å². The van der Waals surface area contributed by atoms with E-state index in [0.717, 1.165) is 18.7 Å². The zero-order chi connectivity index (χ0) is 6.74. The van der Waals surface area contributed by atoms with Crippen molar-refractivity contribution in [1.82, 2.24) is 10.6 Å². The van der Waals surface area contributed by atoms with Crippen molar-refractivity contribution >= 4 is 18.2 Å². The Morgan fingerprint density at radius 3 is 3.11 bits per heavy atom. The van der Waals surface area contributed by atoms with E-state index in [9.17, 15) is 4.79 Å². The molecular weight excluding hydrogens is 136 g/mol. The van der Waals surface area contributed by atoms with E-state index in [1.807, 2.05) is 6.92 Å². The van der Waals surface area contributed by atoms with Gasteiger partial charge in [-0.15, -0.1) is 11.8 Å². The van der Waals surface area contributed by atoms with Gasteiger partial charge in [0.1, 0.15) is 4.99 Å². The zero-order valence-corrected chi connectivity index (χ0v) is 6.12. The lowest BCUT2D eigenvalue weighted by atomic mass is 10.5. The van der Waals surface area contributed by atoms with Crippen LogP contribution in [0.25, 0.3) is 0 Å². The zero-order valence-electron chi connectivity index (χ0n) is 5.31. The van der Waals surface area contributed by atoms with Crippen LogP contribution in [0.4, 0.5) is 0 Å². The van der Waals surface area contributed by atoms with E-state index >= 15 is 0 Å². The van der Waals surface area contributed by atoms with Crippen molar-refractivity contribution in [2.45, 2.75) is 11.9 Å². The molecule has 2 N–H and O–H groups in total. The molecular formula is C5H10N2OS. The Morgan fingerprint density at radius 2 is 2.67 bits per heavy atom. The highest BCUT2D eigenvalue weighted by Crippen LogP contribution is 2.22. The number of amides is 1. The van der Waals surface area contributed by atoms with Crippen LogP contribution in [0.15, 0.2) is 0 Å². The molecule has 0 aromatic carbocycles. The number of rotatable bonds is 2. The van der Waals surface area contributed by atoms with Gasteiger partial charge in [0.25, 0.3) is 0 Å². The highest BCUT2D eigenvalue weighted by atomic mass is 32.2. The van der Waals surface area contributed by atoms with E-state index in [0.29, 0.717) is 0 Å². The van der Waals surface area contributed by atoms with Crippen LogP contribution in [-0.4, -0.2) is 23.7 Å². The normalized spacial score (nSPS) is 34.3. The lowest BCUT2D eigenvalue weighted by molar-refractivity contribution is -0.110. The highest BCUT2D eigenvalue weighted by molar-refractivity contribution is 8.00. The molecule has 0 bridgehead atoms. The smallest absolute Gasteiger partial charge is 0.209 e. The van der Waals surface area contributed by atoms with Crippen LogP contribution >= 0.6 is 11.8 Å². The van der Waals surface area contributed by atoms with Gasteiger partial charge in [0, 0.05) is 12.3 Å². The minimum absolute atomic E-state index is 0.207. The van der Waals surface area contributed by atoms with Gasteiger partial charge in [0.05, 0.1) is 0 Å². The minimum atomic E-state index is -0.207. The molecule has 0 aromatic rings. The third kappa shape index (κ3) is 1.59. The Balaban J connectivity index is 2.40. The minimum Gasteiger partial charge on any atom is -0.332 e. The Morgan fingerprint density at radius 1 is 1.89 bits per heavy atom. The molecule has 1 unspecified atom stereocenters. The second kappa shape index (κ2) is 2.58. The number of hydrogen-bond donors (Lipinski definition) is 2. The predicted octanol–water partition coefficient (Wildman–Crippen LogP) is -0.257. The SMILES string of the molecule is CC1(NC=O)NCCS1. The van der Waals surface area contributed by atoms with E-state index in [-0.39, 0.29) is 4.99 Å². The van der Waals surface area contributed by atoms with Crippen LogP contribution < -0.4 is 10.6 Å². The molecule has 0 aromatic heterocycles. The summed E-state index contributed by atoms with van der Waals surface area (Å²) in [7, 11) is 0. The van der Waals surface area contributed by atoms with Gasteiger partial charge in [0.2, 0.25) is 6.41 Å². The van der Waals surface area contributed by atoms with E-state index in [1.54, 1.807) is 11.8 Å². The summed E-state index contributed by atoms with van der Waals surface area (Å²) < 4.78 is 0. The molecule has 4 heteroatoms. The van der Waals surface area contributed by atoms with Gasteiger partial charge in [-0.25, -0.2) is 0 Å². The third-order valence-electron chi connectivity index (χ3n) is 1.29. The number of carbonyl (C=O) groups excluding carboxylic acids is 1. The Bertz CT molecular complexity index is 112. The summed E-state index contributed by atoms with van der Waals surface area (Å²) in [5.74, 6) is 1.07. The second-order valence-electron chi connectivity index (χ2n) is 2.07. The number of nitrogens with one attached hydrogen (secondary N) is 2. The molecule has 1 atom stereocenters. The van der Waals surface area contributed by atoms with Crippen LogP contribution in [0.3, 0.4) is 0 Å². The van der Waals surface area contributed by atoms with Gasteiger partial charge in [-0.1, -0.05) is 0 Å². The Labute approximate surface area is 58.6 Å². The molecule has 1 saturated heterocycles. The van der Waals surface area contributed by atoms with Crippen molar-refractivity contribution in [3.8, 4) is 0 Å². The van der Waals surface area contributed by atoms with Gasteiger partial charge in [-0.05, 0) is 6.92 Å². The van der Waals surface area contributed by atoms with E-state index in [2.05, 4.69) is 10.6 Å². The van der Waals surface area contributed by atoms with Gasteiger partial charge < -0.3 is 5.32 Å². The number of thioether (sulfide) groups is 1. The van der Waals surface area contributed by atoms with Gasteiger partial charge in [-0.2, -0.15) is 0 Å². The van der Waals surface area contributed by atoms with Crippen molar-refractivity contribution in [2.24, 2.45) is 0 Å². The molecule has 3 nitrogen and oxygen atoms in total. The quantitative estimate of drug-likeness (QED) is 0.527. The van der Waals surface area contributed by atoms with Crippen molar-refractivity contribution in [2.75, 3.05) is 12.3 Å². The molecule has 1 amide bonds. The molecule has 52 valence electrons. The first-order valence-electron chi connectivity index (χ1n) is 2.87. The molecule has 1 fully saturated rings. The largest absolute Gasteiger partial charge is 0.332 e. The van der Waals surface area contributed by atoms with Crippen LogP contribution in [0.1, 0.15) is 6.92 Å². The predicted molar refractivity (Wildman–Crippen MR) is 38.1 cm³/mol. The summed E-state index contributed by atoms with van der Waals surface area (Å²) in [6.45, 7) is 2.93. The van der Waals surface area contributed by atoms with Crippen molar-refractivity contribution < 1.29 is 4.79 Å². The fourth-order valence-corrected chi connectivity index (χ4v) is 1.75. The van der Waals surface area contributed by atoms with Crippen molar-refractivity contribution in [3.63, 3.8) is 0 Å². The summed E-state index contributed by atoms with van der Waals surface area (Å²) in [4.78, 5) is 9.80. The first-order valence-corrected chi connectivity index (χ1v) is 3.86. The molecule has 1 heterocycles. The summed E-state index contributed by atoms with van der Waals surface area (Å²) in [5.41, 5.74) is 0. The van der Waals surface area contributed by atoms with Crippen molar-refractivity contribution in [3.05, 3.63) is 0 Å². The maximum absolute atomic E-state index is 10.0. The fourth-order valence-electron chi connectivity index (χ4n) is 0.801. The van der Waals surface area contributed by atoms with Crippen LogP contribution in [0.5, 0.6) is 0 Å². The second-order valence-corrected chi connectivity index (χ2v) is 3.58. The molecule has 9 heavy (non-hydrogen) atoms. The Hall–Kier alpha value is -0.220. The van der Waals surface area contributed by atoms with E-state index in [1.165, 1.54) is 0 Å². The first kappa shape index (κ1) is 6.89. The maximum atomic E-state index is 10.0. The van der Waals surface area contributed by atoms with Crippen LogP contribution in [0.2, 0.25) is 0 Å². The lowest BCUT2D eigenvalue weighted by Crippen LogP contribution is -2.47. The molecule has 1 aliphatic rings. The van der Waals surface area contributed by atoms with E-state index in [4.69, 9.17) is 0 Å². The summed E-state index contributed by atoms with van der Waals surface area (Å²) >= 11 is 1.72. The number of hydrogen-bond acceptors (Lipinski definition) is 3. The average Bonchev–Trinajstić information content (AvgIpc) is 2.16. The standard InChI is InChI=1S/C5H10N2OS/c1-5(7-4-8)6-2-3-9-5/h4,6H,2-3H2,1H3,(H,7,8). The average molecular weight is 146 g/mol. The van der Waals surface area contributed by atoms with Gasteiger partial charge >= 0.3 is 0 Å².